The minimum Gasteiger partial charge on any atom is -0.375 e. The quantitative estimate of drug-likeness (QED) is 0.767. The van der Waals surface area contributed by atoms with Crippen molar-refractivity contribution in [2.24, 2.45) is 0 Å². The SMILES string of the molecule is CN1CCC(NC2CCOC3(CCC3)C2)C1. The maximum absolute atomic E-state index is 5.97. The van der Waals surface area contributed by atoms with E-state index >= 15 is 0 Å². The van der Waals surface area contributed by atoms with Crippen LogP contribution in [-0.4, -0.2) is 49.3 Å². The molecule has 0 amide bonds. The van der Waals surface area contributed by atoms with Crippen molar-refractivity contribution < 1.29 is 4.74 Å². The minimum absolute atomic E-state index is 0.292. The van der Waals surface area contributed by atoms with Gasteiger partial charge in [0.25, 0.3) is 0 Å². The molecule has 0 aromatic heterocycles. The monoisotopic (exact) mass is 224 g/mol. The highest BCUT2D eigenvalue weighted by atomic mass is 16.5. The molecule has 0 bridgehead atoms. The van der Waals surface area contributed by atoms with Crippen LogP contribution in [0, 0.1) is 0 Å². The van der Waals surface area contributed by atoms with Gasteiger partial charge in [0.2, 0.25) is 0 Å². The zero-order valence-corrected chi connectivity index (χ0v) is 10.4. The average Bonchev–Trinajstić information content (AvgIpc) is 2.62. The van der Waals surface area contributed by atoms with Gasteiger partial charge in [-0.2, -0.15) is 0 Å². The normalized spacial score (nSPS) is 38.8. The fourth-order valence-electron chi connectivity index (χ4n) is 3.49. The minimum atomic E-state index is 0.292. The molecule has 2 saturated heterocycles. The lowest BCUT2D eigenvalue weighted by Crippen LogP contribution is -2.53. The van der Waals surface area contributed by atoms with Crippen LogP contribution in [0.5, 0.6) is 0 Å². The van der Waals surface area contributed by atoms with E-state index in [4.69, 9.17) is 4.74 Å². The first kappa shape index (κ1) is 11.0. The highest BCUT2D eigenvalue weighted by molar-refractivity contribution is 4.97. The standard InChI is InChI=1S/C13H24N2O/c1-15-7-3-12(10-15)14-11-4-8-16-13(9-11)5-2-6-13/h11-12,14H,2-10H2,1H3. The van der Waals surface area contributed by atoms with Gasteiger partial charge in [-0.1, -0.05) is 0 Å². The van der Waals surface area contributed by atoms with Crippen LogP contribution in [0.1, 0.15) is 38.5 Å². The van der Waals surface area contributed by atoms with Gasteiger partial charge in [0, 0.05) is 25.2 Å². The first-order valence-electron chi connectivity index (χ1n) is 6.84. The topological polar surface area (TPSA) is 24.5 Å². The molecule has 1 spiro atoms. The molecule has 0 radical (unpaired) electrons. The Kier molecular flexibility index (Phi) is 2.94. The summed E-state index contributed by atoms with van der Waals surface area (Å²) in [5.74, 6) is 0. The Balaban J connectivity index is 1.51. The van der Waals surface area contributed by atoms with Crippen LogP contribution in [0.4, 0.5) is 0 Å². The van der Waals surface area contributed by atoms with E-state index < -0.39 is 0 Å². The highest BCUT2D eigenvalue weighted by Gasteiger charge is 2.42. The van der Waals surface area contributed by atoms with Crippen LogP contribution in [-0.2, 0) is 4.74 Å². The van der Waals surface area contributed by atoms with Crippen molar-refractivity contribution in [3.05, 3.63) is 0 Å². The fraction of sp³-hybridized carbons (Fsp3) is 1.00. The zero-order chi connectivity index (χ0) is 11.0. The van der Waals surface area contributed by atoms with Crippen LogP contribution >= 0.6 is 0 Å². The molecule has 2 atom stereocenters. The van der Waals surface area contributed by atoms with Crippen LogP contribution in [0.25, 0.3) is 0 Å². The molecule has 0 aromatic rings. The number of nitrogens with zero attached hydrogens (tertiary/aromatic N) is 1. The van der Waals surface area contributed by atoms with Crippen molar-refractivity contribution in [2.75, 3.05) is 26.7 Å². The first-order valence-corrected chi connectivity index (χ1v) is 6.84. The van der Waals surface area contributed by atoms with E-state index in [1.807, 2.05) is 0 Å². The Labute approximate surface area is 98.5 Å². The van der Waals surface area contributed by atoms with Gasteiger partial charge in [-0.05, 0) is 52.1 Å². The third-order valence-corrected chi connectivity index (χ3v) is 4.62. The molecule has 1 N–H and O–H groups in total. The van der Waals surface area contributed by atoms with Crippen molar-refractivity contribution in [1.82, 2.24) is 10.2 Å². The van der Waals surface area contributed by atoms with Crippen molar-refractivity contribution in [3.63, 3.8) is 0 Å². The fourth-order valence-corrected chi connectivity index (χ4v) is 3.49. The summed E-state index contributed by atoms with van der Waals surface area (Å²) in [6, 6.07) is 1.44. The highest BCUT2D eigenvalue weighted by Crippen LogP contribution is 2.42. The predicted octanol–water partition coefficient (Wildman–Crippen LogP) is 1.38. The van der Waals surface area contributed by atoms with E-state index in [0.29, 0.717) is 11.6 Å². The van der Waals surface area contributed by atoms with Gasteiger partial charge in [0.15, 0.2) is 0 Å². The molecule has 2 aliphatic heterocycles. The summed E-state index contributed by atoms with van der Waals surface area (Å²) in [7, 11) is 2.22. The Hall–Kier alpha value is -0.120. The molecule has 3 fully saturated rings. The first-order chi connectivity index (χ1) is 7.76. The molecular weight excluding hydrogens is 200 g/mol. The Morgan fingerprint density at radius 3 is 2.75 bits per heavy atom. The lowest BCUT2D eigenvalue weighted by Gasteiger charge is -2.47. The third kappa shape index (κ3) is 2.13. The molecule has 3 heteroatoms. The van der Waals surface area contributed by atoms with E-state index in [2.05, 4.69) is 17.3 Å². The van der Waals surface area contributed by atoms with Gasteiger partial charge in [-0.25, -0.2) is 0 Å². The molecule has 1 aliphatic carbocycles. The van der Waals surface area contributed by atoms with Gasteiger partial charge in [0.1, 0.15) is 0 Å². The zero-order valence-electron chi connectivity index (χ0n) is 10.4. The lowest BCUT2D eigenvalue weighted by molar-refractivity contribution is -0.136. The molecule has 3 nitrogen and oxygen atoms in total. The molecule has 2 unspecified atom stereocenters. The van der Waals surface area contributed by atoms with E-state index in [-0.39, 0.29) is 0 Å². The van der Waals surface area contributed by atoms with E-state index in [0.717, 1.165) is 12.6 Å². The summed E-state index contributed by atoms with van der Waals surface area (Å²) in [6.07, 6.45) is 7.76. The molecular formula is C13H24N2O. The van der Waals surface area contributed by atoms with Crippen molar-refractivity contribution in [2.45, 2.75) is 56.2 Å². The van der Waals surface area contributed by atoms with Gasteiger partial charge < -0.3 is 15.0 Å². The van der Waals surface area contributed by atoms with Gasteiger partial charge in [0.05, 0.1) is 5.60 Å². The Morgan fingerprint density at radius 2 is 2.12 bits per heavy atom. The molecule has 3 rings (SSSR count). The van der Waals surface area contributed by atoms with Crippen molar-refractivity contribution in [3.8, 4) is 0 Å². The van der Waals surface area contributed by atoms with E-state index in [9.17, 15) is 0 Å². The number of hydrogen-bond donors (Lipinski definition) is 1. The van der Waals surface area contributed by atoms with E-state index in [1.165, 1.54) is 51.6 Å². The summed E-state index contributed by atoms with van der Waals surface area (Å²) in [4.78, 5) is 2.43. The second kappa shape index (κ2) is 4.28. The van der Waals surface area contributed by atoms with Crippen molar-refractivity contribution >= 4 is 0 Å². The maximum atomic E-state index is 5.97. The van der Waals surface area contributed by atoms with Gasteiger partial charge in [-0.15, -0.1) is 0 Å². The molecule has 16 heavy (non-hydrogen) atoms. The Bertz CT molecular complexity index is 252. The summed E-state index contributed by atoms with van der Waals surface area (Å²) in [6.45, 7) is 3.45. The largest absolute Gasteiger partial charge is 0.375 e. The Morgan fingerprint density at radius 1 is 1.25 bits per heavy atom. The molecule has 92 valence electrons. The predicted molar refractivity (Wildman–Crippen MR) is 64.6 cm³/mol. The second-order valence-electron chi connectivity index (χ2n) is 5.99. The maximum Gasteiger partial charge on any atom is 0.0697 e. The van der Waals surface area contributed by atoms with Gasteiger partial charge in [-0.3, -0.25) is 0 Å². The smallest absolute Gasteiger partial charge is 0.0697 e. The number of likely N-dealkylation sites (N-methyl/N-ethyl adjacent to an activating group) is 1. The number of hydrogen-bond acceptors (Lipinski definition) is 3. The number of ether oxygens (including phenoxy) is 1. The van der Waals surface area contributed by atoms with Crippen molar-refractivity contribution in [1.29, 1.82) is 0 Å². The molecule has 2 heterocycles. The molecule has 1 saturated carbocycles. The van der Waals surface area contributed by atoms with E-state index in [1.54, 1.807) is 0 Å². The molecule has 3 aliphatic rings. The number of rotatable bonds is 2. The van der Waals surface area contributed by atoms with Crippen LogP contribution < -0.4 is 5.32 Å². The summed E-state index contributed by atoms with van der Waals surface area (Å²) in [5.41, 5.74) is 0.292. The molecule has 0 aromatic carbocycles. The average molecular weight is 224 g/mol. The summed E-state index contributed by atoms with van der Waals surface area (Å²) < 4.78 is 5.97. The van der Waals surface area contributed by atoms with Crippen LogP contribution in [0.15, 0.2) is 0 Å². The van der Waals surface area contributed by atoms with Crippen LogP contribution in [0.2, 0.25) is 0 Å². The summed E-state index contributed by atoms with van der Waals surface area (Å²) in [5, 5.41) is 3.85. The summed E-state index contributed by atoms with van der Waals surface area (Å²) >= 11 is 0. The van der Waals surface area contributed by atoms with Crippen LogP contribution in [0.3, 0.4) is 0 Å². The lowest BCUT2D eigenvalue weighted by atomic mass is 9.74. The third-order valence-electron chi connectivity index (χ3n) is 4.62. The number of nitrogens with one attached hydrogen (secondary N) is 1. The van der Waals surface area contributed by atoms with Gasteiger partial charge >= 0.3 is 0 Å². The second-order valence-corrected chi connectivity index (χ2v) is 5.99. The number of likely N-dealkylation sites (tertiary alicyclic amines) is 1.